The Morgan fingerprint density at radius 2 is 0.705 bits per heavy atom. The normalized spacial score (nSPS) is 11.4. The average Bonchev–Trinajstić information content (AvgIpc) is 3.66. The molecule has 0 bridgehead atoms. The van der Waals surface area contributed by atoms with Crippen molar-refractivity contribution in [1.82, 2.24) is 4.57 Å². The van der Waals surface area contributed by atoms with E-state index in [2.05, 4.69) is 253 Å². The summed E-state index contributed by atoms with van der Waals surface area (Å²) in [4.78, 5) is 4.89. The minimum atomic E-state index is 1.10. The first-order chi connectivity index (χ1) is 30.1. The lowest BCUT2D eigenvalue weighted by atomic mass is 9.96. The summed E-state index contributed by atoms with van der Waals surface area (Å²) in [6.45, 7) is 4.41. The second-order valence-electron chi connectivity index (χ2n) is 15.8. The van der Waals surface area contributed by atoms with Crippen LogP contribution in [0.15, 0.2) is 224 Å². The van der Waals surface area contributed by atoms with Crippen LogP contribution in [0.25, 0.3) is 60.2 Å². The van der Waals surface area contributed by atoms with E-state index in [0.717, 1.165) is 50.8 Å². The van der Waals surface area contributed by atoms with Crippen LogP contribution < -0.4 is 9.80 Å². The van der Waals surface area contributed by atoms with E-state index in [1.807, 2.05) is 0 Å². The Hall–Kier alpha value is -7.88. The van der Waals surface area contributed by atoms with Crippen LogP contribution in [0.4, 0.5) is 34.1 Å². The topological polar surface area (TPSA) is 11.4 Å². The molecule has 10 aromatic carbocycles. The quantitative estimate of drug-likeness (QED) is 0.152. The summed E-state index contributed by atoms with van der Waals surface area (Å²) >= 11 is 0. The van der Waals surface area contributed by atoms with Crippen LogP contribution in [-0.4, -0.2) is 4.57 Å². The van der Waals surface area contributed by atoms with Crippen molar-refractivity contribution in [3.63, 3.8) is 0 Å². The van der Waals surface area contributed by atoms with Gasteiger partial charge in [0.25, 0.3) is 0 Å². The van der Waals surface area contributed by atoms with Gasteiger partial charge in [-0.25, -0.2) is 0 Å². The summed E-state index contributed by atoms with van der Waals surface area (Å²) in [6.07, 6.45) is 0. The van der Waals surface area contributed by atoms with Gasteiger partial charge in [0.1, 0.15) is 0 Å². The number of fused-ring (bicyclic) bond motifs is 7. The molecule has 0 unspecified atom stereocenters. The van der Waals surface area contributed by atoms with E-state index in [-0.39, 0.29) is 0 Å². The predicted molar refractivity (Wildman–Crippen MR) is 260 cm³/mol. The molecular weight excluding hydrogens is 739 g/mol. The molecule has 3 nitrogen and oxygen atoms in total. The predicted octanol–water partition coefficient (Wildman–Crippen LogP) is 16.3. The maximum absolute atomic E-state index is 2.52. The van der Waals surface area contributed by atoms with Crippen LogP contribution >= 0.6 is 0 Å². The van der Waals surface area contributed by atoms with E-state index < -0.39 is 0 Å². The molecule has 0 aliphatic heterocycles. The fourth-order valence-electron chi connectivity index (χ4n) is 9.39. The molecule has 0 saturated carbocycles. The molecule has 61 heavy (non-hydrogen) atoms. The summed E-state index contributed by atoms with van der Waals surface area (Å²) in [6, 6.07) is 81.6. The summed E-state index contributed by atoms with van der Waals surface area (Å²) in [7, 11) is 0. The van der Waals surface area contributed by atoms with Crippen LogP contribution in [-0.2, 0) is 0 Å². The standard InChI is InChI=1S/C58H43N3/c1-40-21-12-18-35-51(40)59(44-26-8-4-9-27-44)53-38-55-57(49-33-16-14-31-47(49)53)58-50-34-17-15-32-48(50)54(60(45-28-10-5-11-29-45)52-36-19-13-22-41(52)2)39-56(58)61(55)46-30-20-25-43(37-46)42-23-6-3-7-24-42/h3-39H,1-2H3. The van der Waals surface area contributed by atoms with E-state index in [9.17, 15) is 0 Å². The molecule has 290 valence electrons. The van der Waals surface area contributed by atoms with Crippen molar-refractivity contribution in [2.24, 2.45) is 0 Å². The number of para-hydroxylation sites is 4. The minimum absolute atomic E-state index is 1.10. The van der Waals surface area contributed by atoms with Gasteiger partial charge >= 0.3 is 0 Å². The maximum Gasteiger partial charge on any atom is 0.0568 e. The van der Waals surface area contributed by atoms with Crippen molar-refractivity contribution < 1.29 is 0 Å². The first-order valence-electron chi connectivity index (χ1n) is 21.0. The number of rotatable bonds is 8. The fraction of sp³-hybridized carbons (Fsp3) is 0.0345. The summed E-state index contributed by atoms with van der Waals surface area (Å²) in [5.41, 5.74) is 14.9. The molecule has 1 aromatic heterocycles. The van der Waals surface area contributed by atoms with Crippen molar-refractivity contribution in [1.29, 1.82) is 0 Å². The molecule has 0 radical (unpaired) electrons. The first-order valence-corrected chi connectivity index (χ1v) is 21.0. The highest BCUT2D eigenvalue weighted by atomic mass is 15.2. The molecule has 11 aromatic rings. The van der Waals surface area contributed by atoms with Gasteiger partial charge in [-0.05, 0) is 108 Å². The second-order valence-corrected chi connectivity index (χ2v) is 15.8. The zero-order chi connectivity index (χ0) is 40.9. The molecule has 0 amide bonds. The third kappa shape index (κ3) is 6.13. The van der Waals surface area contributed by atoms with Gasteiger partial charge < -0.3 is 14.4 Å². The summed E-state index contributed by atoms with van der Waals surface area (Å²) in [5, 5.41) is 7.29. The third-order valence-corrected chi connectivity index (χ3v) is 12.2. The van der Waals surface area contributed by atoms with Gasteiger partial charge in [-0.15, -0.1) is 0 Å². The second kappa shape index (κ2) is 15.1. The van der Waals surface area contributed by atoms with Gasteiger partial charge in [0.2, 0.25) is 0 Å². The van der Waals surface area contributed by atoms with Gasteiger partial charge in [-0.1, -0.05) is 164 Å². The molecule has 0 atom stereocenters. The number of aryl methyl sites for hydroxylation is 2. The molecular formula is C58H43N3. The number of hydrogen-bond acceptors (Lipinski definition) is 2. The van der Waals surface area contributed by atoms with Gasteiger partial charge in [0, 0.05) is 50.0 Å². The fourth-order valence-corrected chi connectivity index (χ4v) is 9.39. The number of nitrogens with zero attached hydrogens (tertiary/aromatic N) is 3. The number of anilines is 6. The molecule has 0 saturated heterocycles. The molecule has 0 N–H and O–H groups in total. The van der Waals surface area contributed by atoms with Crippen LogP contribution in [0, 0.1) is 13.8 Å². The van der Waals surface area contributed by atoms with Crippen molar-refractivity contribution in [2.45, 2.75) is 13.8 Å². The Morgan fingerprint density at radius 3 is 1.18 bits per heavy atom. The zero-order valence-corrected chi connectivity index (χ0v) is 34.2. The summed E-state index contributed by atoms with van der Waals surface area (Å²) < 4.78 is 2.52. The Bertz CT molecular complexity index is 3200. The lowest BCUT2D eigenvalue weighted by Gasteiger charge is -2.28. The maximum atomic E-state index is 2.52. The molecule has 0 fully saturated rings. The van der Waals surface area contributed by atoms with Gasteiger partial charge in [-0.2, -0.15) is 0 Å². The highest BCUT2D eigenvalue weighted by Gasteiger charge is 2.26. The summed E-state index contributed by atoms with van der Waals surface area (Å²) in [5.74, 6) is 0. The minimum Gasteiger partial charge on any atom is -0.310 e. The van der Waals surface area contributed by atoms with Crippen LogP contribution in [0.1, 0.15) is 11.1 Å². The van der Waals surface area contributed by atoms with Crippen molar-refractivity contribution in [3.05, 3.63) is 236 Å². The largest absolute Gasteiger partial charge is 0.310 e. The Morgan fingerprint density at radius 1 is 0.311 bits per heavy atom. The van der Waals surface area contributed by atoms with E-state index in [1.165, 1.54) is 54.6 Å². The highest BCUT2D eigenvalue weighted by Crippen LogP contribution is 2.50. The number of benzene rings is 10. The SMILES string of the molecule is Cc1ccccc1N(c1ccccc1)c1cc2c(c3ccccc13)c1c3ccccc3c(N(c3ccccc3)c3ccccc3C)cc1n2-c1cccc(-c2ccccc2)c1. The van der Waals surface area contributed by atoms with Gasteiger partial charge in [-0.3, -0.25) is 0 Å². The van der Waals surface area contributed by atoms with E-state index in [0.29, 0.717) is 0 Å². The lowest BCUT2D eigenvalue weighted by Crippen LogP contribution is -2.12. The Labute approximate surface area is 356 Å². The first kappa shape index (κ1) is 36.2. The average molecular weight is 782 g/mol. The van der Waals surface area contributed by atoms with Crippen molar-refractivity contribution in [2.75, 3.05) is 9.80 Å². The molecule has 3 heteroatoms. The third-order valence-electron chi connectivity index (χ3n) is 12.2. The van der Waals surface area contributed by atoms with Crippen LogP contribution in [0.2, 0.25) is 0 Å². The van der Waals surface area contributed by atoms with E-state index in [1.54, 1.807) is 0 Å². The molecule has 0 spiro atoms. The Kier molecular flexibility index (Phi) is 8.94. The molecule has 11 rings (SSSR count). The Balaban J connectivity index is 1.33. The van der Waals surface area contributed by atoms with E-state index in [4.69, 9.17) is 0 Å². The van der Waals surface area contributed by atoms with E-state index >= 15 is 0 Å². The number of hydrogen-bond donors (Lipinski definition) is 0. The molecule has 1 heterocycles. The van der Waals surface area contributed by atoms with Gasteiger partial charge in [0.15, 0.2) is 0 Å². The lowest BCUT2D eigenvalue weighted by molar-refractivity contribution is 1.17. The molecule has 0 aliphatic rings. The zero-order valence-electron chi connectivity index (χ0n) is 34.2. The van der Waals surface area contributed by atoms with Crippen molar-refractivity contribution in [3.8, 4) is 16.8 Å². The monoisotopic (exact) mass is 781 g/mol. The number of aromatic nitrogens is 1. The smallest absolute Gasteiger partial charge is 0.0568 e. The van der Waals surface area contributed by atoms with Gasteiger partial charge in [0.05, 0.1) is 22.4 Å². The van der Waals surface area contributed by atoms with Crippen molar-refractivity contribution >= 4 is 77.5 Å². The van der Waals surface area contributed by atoms with Crippen LogP contribution in [0.3, 0.4) is 0 Å². The molecule has 0 aliphatic carbocycles. The van der Waals surface area contributed by atoms with Crippen LogP contribution in [0.5, 0.6) is 0 Å². The highest BCUT2D eigenvalue weighted by molar-refractivity contribution is 6.32.